The van der Waals surface area contributed by atoms with Crippen LogP contribution in [0.2, 0.25) is 0 Å². The lowest BCUT2D eigenvalue weighted by Crippen LogP contribution is -2.39. The summed E-state index contributed by atoms with van der Waals surface area (Å²) in [6, 6.07) is 0. The summed E-state index contributed by atoms with van der Waals surface area (Å²) in [5.74, 6) is 1.94. The molecule has 0 saturated heterocycles. The largest absolute Gasteiger partial charge is 0.316 e. The van der Waals surface area contributed by atoms with E-state index in [2.05, 4.69) is 33.0 Å². The van der Waals surface area contributed by atoms with Crippen LogP contribution in [0.25, 0.3) is 0 Å². The highest BCUT2D eigenvalue weighted by molar-refractivity contribution is 4.88. The number of hydrogen-bond acceptors (Lipinski definition) is 1. The second-order valence-corrected chi connectivity index (χ2v) is 7.46. The third kappa shape index (κ3) is 6.16. The van der Waals surface area contributed by atoms with Gasteiger partial charge in [0.15, 0.2) is 0 Å². The third-order valence-corrected chi connectivity index (χ3v) is 5.44. The van der Waals surface area contributed by atoms with Gasteiger partial charge in [0.25, 0.3) is 0 Å². The van der Waals surface area contributed by atoms with E-state index in [4.69, 9.17) is 0 Å². The average Bonchev–Trinajstić information content (AvgIpc) is 2.45. The number of nitrogens with one attached hydrogen (secondary N) is 1. The van der Waals surface area contributed by atoms with Gasteiger partial charge in [-0.3, -0.25) is 0 Å². The molecule has 1 heteroatoms. The first-order valence-electron chi connectivity index (χ1n) is 9.36. The Morgan fingerprint density at radius 2 is 1.80 bits per heavy atom. The van der Waals surface area contributed by atoms with Crippen LogP contribution < -0.4 is 5.32 Å². The molecule has 120 valence electrons. The van der Waals surface area contributed by atoms with Gasteiger partial charge < -0.3 is 5.32 Å². The predicted molar refractivity (Wildman–Crippen MR) is 91.1 cm³/mol. The Balaban J connectivity index is 2.49. The van der Waals surface area contributed by atoms with Gasteiger partial charge in [-0.2, -0.15) is 0 Å². The first-order valence-corrected chi connectivity index (χ1v) is 9.36. The molecule has 0 aromatic heterocycles. The highest BCUT2D eigenvalue weighted by Gasteiger charge is 2.35. The molecule has 1 saturated carbocycles. The molecule has 1 nitrogen and oxygen atoms in total. The van der Waals surface area contributed by atoms with E-state index in [-0.39, 0.29) is 0 Å². The van der Waals surface area contributed by atoms with Crippen LogP contribution in [-0.2, 0) is 0 Å². The van der Waals surface area contributed by atoms with Crippen molar-refractivity contribution in [1.29, 1.82) is 0 Å². The zero-order valence-electron chi connectivity index (χ0n) is 14.6. The van der Waals surface area contributed by atoms with Gasteiger partial charge in [0, 0.05) is 6.54 Å². The van der Waals surface area contributed by atoms with Crippen molar-refractivity contribution < 1.29 is 0 Å². The van der Waals surface area contributed by atoms with E-state index in [0.29, 0.717) is 5.41 Å². The summed E-state index contributed by atoms with van der Waals surface area (Å²) in [5, 5.41) is 3.66. The fraction of sp³-hybridized carbons (Fsp3) is 1.00. The zero-order valence-corrected chi connectivity index (χ0v) is 14.6. The second kappa shape index (κ2) is 9.82. The summed E-state index contributed by atoms with van der Waals surface area (Å²) in [6.07, 6.45) is 14.4. The Kier molecular flexibility index (Phi) is 8.84. The molecule has 0 aliphatic heterocycles. The smallest absolute Gasteiger partial charge is 0.000779 e. The Bertz CT molecular complexity index is 228. The van der Waals surface area contributed by atoms with E-state index in [9.17, 15) is 0 Å². The predicted octanol–water partition coefficient (Wildman–Crippen LogP) is 5.79. The van der Waals surface area contributed by atoms with Crippen LogP contribution in [0.4, 0.5) is 0 Å². The lowest BCUT2D eigenvalue weighted by molar-refractivity contribution is 0.107. The van der Waals surface area contributed by atoms with E-state index >= 15 is 0 Å². The summed E-state index contributed by atoms with van der Waals surface area (Å²) in [6.45, 7) is 11.8. The molecule has 1 aliphatic rings. The van der Waals surface area contributed by atoms with Crippen LogP contribution in [0.15, 0.2) is 0 Å². The van der Waals surface area contributed by atoms with E-state index < -0.39 is 0 Å². The molecule has 1 atom stereocenters. The quantitative estimate of drug-likeness (QED) is 0.534. The van der Waals surface area contributed by atoms with Crippen LogP contribution in [0, 0.1) is 17.3 Å². The van der Waals surface area contributed by atoms with Gasteiger partial charge in [0.05, 0.1) is 0 Å². The fourth-order valence-electron chi connectivity index (χ4n) is 4.25. The Hall–Kier alpha value is -0.0400. The van der Waals surface area contributed by atoms with Gasteiger partial charge in [-0.15, -0.1) is 0 Å². The van der Waals surface area contributed by atoms with E-state index in [1.165, 1.54) is 70.8 Å². The van der Waals surface area contributed by atoms with E-state index in [1.807, 2.05) is 0 Å². The maximum Gasteiger partial charge on any atom is 0.000779 e. The van der Waals surface area contributed by atoms with Crippen molar-refractivity contribution in [3.63, 3.8) is 0 Å². The molecule has 0 aromatic rings. The van der Waals surface area contributed by atoms with Crippen molar-refractivity contribution in [3.8, 4) is 0 Å². The van der Waals surface area contributed by atoms with Crippen molar-refractivity contribution in [2.75, 3.05) is 13.1 Å². The van der Waals surface area contributed by atoms with Crippen molar-refractivity contribution in [2.24, 2.45) is 17.3 Å². The van der Waals surface area contributed by atoms with E-state index in [0.717, 1.165) is 18.4 Å². The molecule has 1 N–H and O–H groups in total. The normalized spacial score (nSPS) is 28.5. The molecular weight excluding hydrogens is 242 g/mol. The topological polar surface area (TPSA) is 12.0 Å². The van der Waals surface area contributed by atoms with Gasteiger partial charge in [-0.25, -0.2) is 0 Å². The van der Waals surface area contributed by atoms with E-state index in [1.54, 1.807) is 0 Å². The standard InChI is InChI=1S/C19H39N/c1-5-8-10-18-11-13-19(14-12-18,16-20-7-3)15-17(4)9-6-2/h17-18,20H,5-16H2,1-4H3. The van der Waals surface area contributed by atoms with Crippen molar-refractivity contribution in [2.45, 2.75) is 91.9 Å². The molecule has 1 aliphatic carbocycles. The maximum absolute atomic E-state index is 3.66. The van der Waals surface area contributed by atoms with Crippen LogP contribution in [0.5, 0.6) is 0 Å². The Morgan fingerprint density at radius 3 is 2.35 bits per heavy atom. The Labute approximate surface area is 128 Å². The van der Waals surface area contributed by atoms with Gasteiger partial charge in [0.2, 0.25) is 0 Å². The minimum absolute atomic E-state index is 0.618. The van der Waals surface area contributed by atoms with Gasteiger partial charge in [-0.05, 0) is 55.9 Å². The molecule has 1 fully saturated rings. The molecule has 1 rings (SSSR count). The van der Waals surface area contributed by atoms with Gasteiger partial charge in [0.1, 0.15) is 0 Å². The lowest BCUT2D eigenvalue weighted by Gasteiger charge is -2.42. The average molecular weight is 282 g/mol. The zero-order chi connectivity index (χ0) is 14.8. The highest BCUT2D eigenvalue weighted by atomic mass is 14.9. The Morgan fingerprint density at radius 1 is 1.10 bits per heavy atom. The summed E-state index contributed by atoms with van der Waals surface area (Å²) in [4.78, 5) is 0. The molecule has 1 unspecified atom stereocenters. The minimum Gasteiger partial charge on any atom is -0.316 e. The van der Waals surface area contributed by atoms with Gasteiger partial charge >= 0.3 is 0 Å². The van der Waals surface area contributed by atoms with Crippen molar-refractivity contribution >= 4 is 0 Å². The van der Waals surface area contributed by atoms with Crippen LogP contribution in [-0.4, -0.2) is 13.1 Å². The SMILES string of the molecule is CCCCC1CCC(CNCC)(CC(C)CCC)CC1. The molecule has 0 amide bonds. The summed E-state index contributed by atoms with van der Waals surface area (Å²) < 4.78 is 0. The van der Waals surface area contributed by atoms with Crippen molar-refractivity contribution in [3.05, 3.63) is 0 Å². The minimum atomic E-state index is 0.618. The molecule has 0 spiro atoms. The van der Waals surface area contributed by atoms with Crippen LogP contribution >= 0.6 is 0 Å². The molecule has 20 heavy (non-hydrogen) atoms. The molecule has 0 heterocycles. The fourth-order valence-corrected chi connectivity index (χ4v) is 4.25. The number of hydrogen-bond donors (Lipinski definition) is 1. The summed E-state index contributed by atoms with van der Waals surface area (Å²) >= 11 is 0. The number of unbranched alkanes of at least 4 members (excludes halogenated alkanes) is 1. The molecule has 0 radical (unpaired) electrons. The first-order chi connectivity index (χ1) is 9.65. The summed E-state index contributed by atoms with van der Waals surface area (Å²) in [7, 11) is 0. The second-order valence-electron chi connectivity index (χ2n) is 7.46. The van der Waals surface area contributed by atoms with Crippen LogP contribution in [0.1, 0.15) is 91.9 Å². The monoisotopic (exact) mass is 281 g/mol. The lowest BCUT2D eigenvalue weighted by atomic mass is 9.65. The van der Waals surface area contributed by atoms with Gasteiger partial charge in [-0.1, -0.05) is 59.8 Å². The first kappa shape index (κ1) is 18.0. The van der Waals surface area contributed by atoms with Crippen LogP contribution in [0.3, 0.4) is 0 Å². The summed E-state index contributed by atoms with van der Waals surface area (Å²) in [5.41, 5.74) is 0.618. The third-order valence-electron chi connectivity index (χ3n) is 5.44. The highest BCUT2D eigenvalue weighted by Crippen LogP contribution is 2.44. The maximum atomic E-state index is 3.66. The molecule has 0 bridgehead atoms. The van der Waals surface area contributed by atoms with Crippen molar-refractivity contribution in [1.82, 2.24) is 5.32 Å². The molecule has 0 aromatic carbocycles. The number of rotatable bonds is 10. The molecular formula is C19H39N.